The second-order valence-corrected chi connectivity index (χ2v) is 5.43. The summed E-state index contributed by atoms with van der Waals surface area (Å²) in [5.74, 6) is -0.132. The monoisotopic (exact) mass is 295 g/mol. The fourth-order valence-corrected chi connectivity index (χ4v) is 1.75. The molecule has 114 valence electrons. The van der Waals surface area contributed by atoms with E-state index < -0.39 is 16.2 Å². The second kappa shape index (κ2) is 12.3. The van der Waals surface area contributed by atoms with Crippen LogP contribution in [-0.2, 0) is 14.9 Å². The van der Waals surface area contributed by atoms with Gasteiger partial charge in [-0.1, -0.05) is 26.8 Å². The van der Waals surface area contributed by atoms with Crippen molar-refractivity contribution in [3.63, 3.8) is 0 Å². The number of allylic oxidation sites excluding steroid dienone is 1. The molecule has 0 rings (SSSR count). The van der Waals surface area contributed by atoms with E-state index in [1.807, 2.05) is 13.8 Å². The Hall–Kier alpha value is -0.760. The van der Waals surface area contributed by atoms with Crippen molar-refractivity contribution >= 4 is 16.4 Å². The molecule has 0 amide bonds. The molecule has 0 heterocycles. The minimum absolute atomic E-state index is 0.132. The van der Waals surface area contributed by atoms with Crippen LogP contribution in [-0.4, -0.2) is 60.8 Å². The Labute approximate surface area is 115 Å². The van der Waals surface area contributed by atoms with Crippen molar-refractivity contribution < 1.29 is 22.9 Å². The van der Waals surface area contributed by atoms with Crippen molar-refractivity contribution in [2.24, 2.45) is 0 Å². The molecular weight excluding hydrogens is 270 g/mol. The number of carbonyl (C=O) groups is 1. The SMILES string of the molecule is CCCS(=O)(=O)O.CCN(CC)CC(O)C=CC=O. The molecule has 7 heteroatoms. The maximum absolute atomic E-state index is 9.92. The van der Waals surface area contributed by atoms with E-state index in [-0.39, 0.29) is 5.75 Å². The number of aldehydes is 1. The highest BCUT2D eigenvalue weighted by Crippen LogP contribution is 1.92. The van der Waals surface area contributed by atoms with Crippen molar-refractivity contribution in [1.29, 1.82) is 0 Å². The summed E-state index contributed by atoms with van der Waals surface area (Å²) < 4.78 is 27.6. The molecule has 0 aromatic heterocycles. The van der Waals surface area contributed by atoms with E-state index in [0.717, 1.165) is 13.1 Å². The summed E-state index contributed by atoms with van der Waals surface area (Å²) >= 11 is 0. The summed E-state index contributed by atoms with van der Waals surface area (Å²) in [7, 11) is -3.67. The highest BCUT2D eigenvalue weighted by molar-refractivity contribution is 7.85. The molecule has 0 saturated heterocycles. The average molecular weight is 295 g/mol. The number of aliphatic hydroxyl groups excluding tert-OH is 1. The third kappa shape index (κ3) is 17.2. The van der Waals surface area contributed by atoms with Gasteiger partial charge in [-0.3, -0.25) is 9.35 Å². The van der Waals surface area contributed by atoms with Crippen molar-refractivity contribution in [1.82, 2.24) is 4.90 Å². The van der Waals surface area contributed by atoms with Crippen LogP contribution in [0.4, 0.5) is 0 Å². The Bertz CT molecular complexity index is 336. The number of aliphatic hydroxyl groups is 1. The molecule has 1 unspecified atom stereocenters. The molecule has 0 aromatic carbocycles. The summed E-state index contributed by atoms with van der Waals surface area (Å²) in [6.45, 7) is 8.20. The van der Waals surface area contributed by atoms with Gasteiger partial charge in [0.25, 0.3) is 10.1 Å². The quantitative estimate of drug-likeness (QED) is 0.389. The summed E-state index contributed by atoms with van der Waals surface area (Å²) in [6, 6.07) is 0. The highest BCUT2D eigenvalue weighted by Gasteiger charge is 2.04. The van der Waals surface area contributed by atoms with Gasteiger partial charge in [0.2, 0.25) is 0 Å². The lowest BCUT2D eigenvalue weighted by Crippen LogP contribution is -2.31. The van der Waals surface area contributed by atoms with Gasteiger partial charge < -0.3 is 10.0 Å². The molecular formula is C12H25NO5S. The van der Waals surface area contributed by atoms with Crippen molar-refractivity contribution in [3.8, 4) is 0 Å². The first-order valence-corrected chi connectivity index (χ1v) is 7.89. The Morgan fingerprint density at radius 1 is 1.21 bits per heavy atom. The van der Waals surface area contributed by atoms with Gasteiger partial charge in [-0.2, -0.15) is 8.42 Å². The second-order valence-electron chi connectivity index (χ2n) is 3.86. The van der Waals surface area contributed by atoms with E-state index in [9.17, 15) is 18.3 Å². The minimum Gasteiger partial charge on any atom is -0.388 e. The average Bonchev–Trinajstić information content (AvgIpc) is 2.32. The van der Waals surface area contributed by atoms with Crippen LogP contribution in [0.3, 0.4) is 0 Å². The molecule has 0 radical (unpaired) electrons. The molecule has 0 fully saturated rings. The molecule has 6 nitrogen and oxygen atoms in total. The summed E-state index contributed by atoms with van der Waals surface area (Å²) in [5.41, 5.74) is 0. The first-order valence-electron chi connectivity index (χ1n) is 6.28. The number of carbonyl (C=O) groups excluding carboxylic acids is 1. The van der Waals surface area contributed by atoms with Crippen LogP contribution in [0.25, 0.3) is 0 Å². The molecule has 0 bridgehead atoms. The lowest BCUT2D eigenvalue weighted by molar-refractivity contribution is -0.104. The molecule has 0 aliphatic rings. The largest absolute Gasteiger partial charge is 0.388 e. The van der Waals surface area contributed by atoms with Gasteiger partial charge in [-0.15, -0.1) is 0 Å². The fourth-order valence-electron chi connectivity index (χ4n) is 1.24. The number of nitrogens with zero attached hydrogens (tertiary/aromatic N) is 1. The molecule has 1 atom stereocenters. The predicted octanol–water partition coefficient (Wildman–Crippen LogP) is 0.728. The van der Waals surface area contributed by atoms with Crippen molar-refractivity contribution in [2.45, 2.75) is 33.3 Å². The number of hydrogen-bond donors (Lipinski definition) is 2. The van der Waals surface area contributed by atoms with Gasteiger partial charge in [0.1, 0.15) is 6.29 Å². The van der Waals surface area contributed by atoms with E-state index >= 15 is 0 Å². The third-order valence-electron chi connectivity index (χ3n) is 2.21. The highest BCUT2D eigenvalue weighted by atomic mass is 32.2. The molecule has 0 aliphatic carbocycles. The lowest BCUT2D eigenvalue weighted by Gasteiger charge is -2.19. The van der Waals surface area contributed by atoms with Gasteiger partial charge in [-0.25, -0.2) is 0 Å². The van der Waals surface area contributed by atoms with Gasteiger partial charge in [-0.05, 0) is 25.6 Å². The molecule has 2 N–H and O–H groups in total. The first kappa shape index (κ1) is 20.6. The summed E-state index contributed by atoms with van der Waals surface area (Å²) in [4.78, 5) is 12.0. The van der Waals surface area contributed by atoms with E-state index in [4.69, 9.17) is 4.55 Å². The van der Waals surface area contributed by atoms with Crippen LogP contribution < -0.4 is 0 Å². The zero-order valence-corrected chi connectivity index (χ0v) is 12.6. The molecule has 0 aromatic rings. The molecule has 19 heavy (non-hydrogen) atoms. The maximum atomic E-state index is 9.92. The first-order chi connectivity index (χ1) is 8.80. The van der Waals surface area contributed by atoms with Crippen LogP contribution in [0.15, 0.2) is 12.2 Å². The van der Waals surface area contributed by atoms with Crippen LogP contribution in [0.5, 0.6) is 0 Å². The topological polar surface area (TPSA) is 94.9 Å². The normalized spacial score (nSPS) is 13.2. The fraction of sp³-hybridized carbons (Fsp3) is 0.750. The molecule has 0 aliphatic heterocycles. The predicted molar refractivity (Wildman–Crippen MR) is 75.7 cm³/mol. The Morgan fingerprint density at radius 2 is 1.74 bits per heavy atom. The van der Waals surface area contributed by atoms with Crippen LogP contribution >= 0.6 is 0 Å². The zero-order valence-electron chi connectivity index (χ0n) is 11.8. The van der Waals surface area contributed by atoms with Gasteiger partial charge in [0, 0.05) is 6.54 Å². The van der Waals surface area contributed by atoms with Crippen molar-refractivity contribution in [2.75, 3.05) is 25.4 Å². The molecule has 0 spiro atoms. The lowest BCUT2D eigenvalue weighted by atomic mass is 10.3. The smallest absolute Gasteiger partial charge is 0.264 e. The van der Waals surface area contributed by atoms with Gasteiger partial charge >= 0.3 is 0 Å². The summed E-state index contributed by atoms with van der Waals surface area (Å²) in [5, 5.41) is 9.33. The Balaban J connectivity index is 0. The standard InChI is InChI=1S/C9H17NO2.C3H8O3S/c1-3-10(4-2)8-9(12)6-5-7-11;1-2-3-7(4,5)6/h5-7,9,12H,3-4,8H2,1-2H3;2-3H2,1H3,(H,4,5,6). The minimum atomic E-state index is -3.67. The van der Waals surface area contributed by atoms with Gasteiger partial charge in [0.15, 0.2) is 0 Å². The van der Waals surface area contributed by atoms with Crippen LogP contribution in [0.1, 0.15) is 27.2 Å². The Morgan fingerprint density at radius 3 is 2.00 bits per heavy atom. The van der Waals surface area contributed by atoms with Crippen LogP contribution in [0, 0.1) is 0 Å². The number of rotatable bonds is 8. The number of hydrogen-bond acceptors (Lipinski definition) is 5. The van der Waals surface area contributed by atoms with Crippen LogP contribution in [0.2, 0.25) is 0 Å². The van der Waals surface area contributed by atoms with E-state index in [0.29, 0.717) is 19.3 Å². The van der Waals surface area contributed by atoms with Crippen molar-refractivity contribution in [3.05, 3.63) is 12.2 Å². The molecule has 0 saturated carbocycles. The van der Waals surface area contributed by atoms with Gasteiger partial charge in [0.05, 0.1) is 11.9 Å². The zero-order chi connectivity index (χ0) is 15.3. The van der Waals surface area contributed by atoms with E-state index in [1.165, 1.54) is 12.2 Å². The maximum Gasteiger partial charge on any atom is 0.264 e. The van der Waals surface area contributed by atoms with E-state index in [2.05, 4.69) is 4.90 Å². The number of likely N-dealkylation sites (N-methyl/N-ethyl adjacent to an activating group) is 1. The third-order valence-corrected chi connectivity index (χ3v) is 3.14. The Kier molecular flexibility index (Phi) is 13.3. The summed E-state index contributed by atoms with van der Waals surface area (Å²) in [6.07, 6.45) is 3.44. The van der Waals surface area contributed by atoms with E-state index in [1.54, 1.807) is 6.92 Å².